The van der Waals surface area contributed by atoms with Crippen LogP contribution in [-0.4, -0.2) is 53.4 Å². The number of hydrogen-bond donors (Lipinski definition) is 1. The van der Waals surface area contributed by atoms with Gasteiger partial charge in [0.2, 0.25) is 0 Å². The van der Waals surface area contributed by atoms with Crippen molar-refractivity contribution in [2.75, 3.05) is 19.6 Å². The molecule has 1 aromatic rings. The van der Waals surface area contributed by atoms with Gasteiger partial charge in [0.15, 0.2) is 5.03 Å². The van der Waals surface area contributed by atoms with E-state index in [1.54, 1.807) is 7.05 Å². The number of rotatable bonds is 2. The van der Waals surface area contributed by atoms with Crippen LogP contribution in [0, 0.1) is 0 Å². The van der Waals surface area contributed by atoms with Gasteiger partial charge in [-0.25, -0.2) is 13.1 Å². The molecule has 0 radical (unpaired) electrons. The third-order valence-corrected chi connectivity index (χ3v) is 4.52. The van der Waals surface area contributed by atoms with E-state index >= 15 is 0 Å². The van der Waals surface area contributed by atoms with Crippen LogP contribution < -0.4 is 5.32 Å². The first-order chi connectivity index (χ1) is 7.51. The van der Waals surface area contributed by atoms with Crippen LogP contribution in [0.4, 0.5) is 0 Å². The topological polar surface area (TPSA) is 80.1 Å². The Morgan fingerprint density at radius 2 is 2.24 bits per heavy atom. The standard InChI is InChI=1S/C8H15N5O2S.ClH/c1-7-6-13(4-3-9-7)16(14,15)8-5-10-11-12(8)2;/h5,7,9H,3-4,6H2,1-2H3;1H. The molecule has 98 valence electrons. The lowest BCUT2D eigenvalue weighted by atomic mass is 10.3. The smallest absolute Gasteiger partial charge is 0.261 e. The summed E-state index contributed by atoms with van der Waals surface area (Å²) in [6, 6.07) is 0.171. The summed E-state index contributed by atoms with van der Waals surface area (Å²) in [5.74, 6) is 0. The fourth-order valence-corrected chi connectivity index (χ4v) is 3.33. The molecule has 1 saturated heterocycles. The summed E-state index contributed by atoms with van der Waals surface area (Å²) in [7, 11) is -1.88. The van der Waals surface area contributed by atoms with Gasteiger partial charge in [-0.1, -0.05) is 5.21 Å². The second kappa shape index (κ2) is 5.30. The summed E-state index contributed by atoms with van der Waals surface area (Å²) in [5, 5.41) is 10.6. The molecule has 17 heavy (non-hydrogen) atoms. The van der Waals surface area contributed by atoms with E-state index in [0.717, 1.165) is 0 Å². The van der Waals surface area contributed by atoms with Crippen LogP contribution in [0.15, 0.2) is 11.2 Å². The molecule has 1 fully saturated rings. The monoisotopic (exact) mass is 281 g/mol. The zero-order valence-corrected chi connectivity index (χ0v) is 11.3. The number of hydrogen-bond acceptors (Lipinski definition) is 5. The maximum atomic E-state index is 12.2. The van der Waals surface area contributed by atoms with Gasteiger partial charge in [-0.3, -0.25) is 0 Å². The van der Waals surface area contributed by atoms with Crippen molar-refractivity contribution in [3.05, 3.63) is 6.20 Å². The maximum absolute atomic E-state index is 12.2. The van der Waals surface area contributed by atoms with E-state index in [2.05, 4.69) is 15.6 Å². The Morgan fingerprint density at radius 3 is 2.76 bits per heavy atom. The summed E-state index contributed by atoms with van der Waals surface area (Å²) in [5.41, 5.74) is 0. The molecule has 0 bridgehead atoms. The fraction of sp³-hybridized carbons (Fsp3) is 0.750. The molecule has 0 saturated carbocycles. The summed E-state index contributed by atoms with van der Waals surface area (Å²) in [4.78, 5) is 0. The third kappa shape index (κ3) is 2.76. The van der Waals surface area contributed by atoms with Crippen molar-refractivity contribution in [3.63, 3.8) is 0 Å². The van der Waals surface area contributed by atoms with Gasteiger partial charge in [0.25, 0.3) is 10.0 Å². The van der Waals surface area contributed by atoms with Gasteiger partial charge >= 0.3 is 0 Å². The molecule has 0 amide bonds. The van der Waals surface area contributed by atoms with E-state index < -0.39 is 10.0 Å². The maximum Gasteiger partial charge on any atom is 0.261 e. The molecule has 2 rings (SSSR count). The Kier molecular flexibility index (Phi) is 4.48. The number of nitrogens with one attached hydrogen (secondary N) is 1. The lowest BCUT2D eigenvalue weighted by Gasteiger charge is -2.30. The largest absolute Gasteiger partial charge is 0.312 e. The number of aromatic nitrogens is 3. The highest BCUT2D eigenvalue weighted by Crippen LogP contribution is 2.14. The molecule has 9 heteroatoms. The minimum atomic E-state index is -3.45. The van der Waals surface area contributed by atoms with Crippen molar-refractivity contribution in [2.45, 2.75) is 18.0 Å². The van der Waals surface area contributed by atoms with E-state index in [1.807, 2.05) is 6.92 Å². The number of nitrogens with zero attached hydrogens (tertiary/aromatic N) is 4. The Labute approximate surface area is 107 Å². The molecular weight excluding hydrogens is 266 g/mol. The van der Waals surface area contributed by atoms with Crippen molar-refractivity contribution >= 4 is 22.4 Å². The van der Waals surface area contributed by atoms with Crippen molar-refractivity contribution in [1.29, 1.82) is 0 Å². The summed E-state index contributed by atoms with van der Waals surface area (Å²) in [6.45, 7) is 3.60. The van der Waals surface area contributed by atoms with Gasteiger partial charge in [-0.2, -0.15) is 4.31 Å². The SMILES string of the molecule is CC1CN(S(=O)(=O)c2cnnn2C)CCN1.Cl. The summed E-state index contributed by atoms with van der Waals surface area (Å²) >= 11 is 0. The van der Waals surface area contributed by atoms with Gasteiger partial charge in [-0.05, 0) is 6.92 Å². The highest BCUT2D eigenvalue weighted by Gasteiger charge is 2.30. The van der Waals surface area contributed by atoms with Crippen LogP contribution in [0.2, 0.25) is 0 Å². The number of piperazine rings is 1. The number of aryl methyl sites for hydroxylation is 1. The Balaban J connectivity index is 0.00000144. The highest BCUT2D eigenvalue weighted by molar-refractivity contribution is 7.89. The lowest BCUT2D eigenvalue weighted by Crippen LogP contribution is -2.51. The Hall–Kier alpha value is -0.700. The molecule has 1 unspecified atom stereocenters. The molecule has 1 atom stereocenters. The van der Waals surface area contributed by atoms with Crippen LogP contribution >= 0.6 is 12.4 Å². The zero-order valence-electron chi connectivity index (χ0n) is 9.70. The Bertz CT molecular complexity index is 474. The second-order valence-electron chi connectivity index (χ2n) is 3.91. The number of sulfonamides is 1. The first-order valence-electron chi connectivity index (χ1n) is 5.10. The predicted molar refractivity (Wildman–Crippen MR) is 64.5 cm³/mol. The summed E-state index contributed by atoms with van der Waals surface area (Å²) in [6.07, 6.45) is 1.28. The average Bonchev–Trinajstić information content (AvgIpc) is 2.65. The zero-order chi connectivity index (χ0) is 11.8. The molecule has 1 N–H and O–H groups in total. The van der Waals surface area contributed by atoms with Gasteiger partial charge in [-0.15, -0.1) is 17.5 Å². The predicted octanol–water partition coefficient (Wildman–Crippen LogP) is -0.781. The Morgan fingerprint density at radius 1 is 1.53 bits per heavy atom. The van der Waals surface area contributed by atoms with Gasteiger partial charge in [0.05, 0.1) is 6.20 Å². The van der Waals surface area contributed by atoms with Gasteiger partial charge in [0, 0.05) is 32.7 Å². The normalized spacial score (nSPS) is 22.1. The van der Waals surface area contributed by atoms with Crippen molar-refractivity contribution in [3.8, 4) is 0 Å². The molecule has 0 aliphatic carbocycles. The first-order valence-corrected chi connectivity index (χ1v) is 6.54. The van der Waals surface area contributed by atoms with Gasteiger partial charge in [0.1, 0.15) is 0 Å². The van der Waals surface area contributed by atoms with E-state index in [-0.39, 0.29) is 23.5 Å². The van der Waals surface area contributed by atoms with Crippen molar-refractivity contribution in [1.82, 2.24) is 24.6 Å². The van der Waals surface area contributed by atoms with Crippen LogP contribution in [-0.2, 0) is 17.1 Å². The molecule has 1 aliphatic rings. The van der Waals surface area contributed by atoms with Crippen molar-refractivity contribution < 1.29 is 8.42 Å². The van der Waals surface area contributed by atoms with E-state index in [1.165, 1.54) is 15.2 Å². The van der Waals surface area contributed by atoms with Crippen molar-refractivity contribution in [2.24, 2.45) is 7.05 Å². The summed E-state index contributed by atoms with van der Waals surface area (Å²) < 4.78 is 27.2. The first kappa shape index (κ1) is 14.4. The van der Waals surface area contributed by atoms with E-state index in [0.29, 0.717) is 19.6 Å². The fourth-order valence-electron chi connectivity index (χ4n) is 1.76. The van der Waals surface area contributed by atoms with Crippen LogP contribution in [0.25, 0.3) is 0 Å². The quantitative estimate of drug-likeness (QED) is 0.769. The van der Waals surface area contributed by atoms with E-state index in [9.17, 15) is 8.42 Å². The molecule has 7 nitrogen and oxygen atoms in total. The van der Waals surface area contributed by atoms with Crippen LogP contribution in [0.3, 0.4) is 0 Å². The number of halogens is 1. The van der Waals surface area contributed by atoms with E-state index in [4.69, 9.17) is 0 Å². The highest BCUT2D eigenvalue weighted by atomic mass is 35.5. The molecule has 0 aromatic carbocycles. The minimum Gasteiger partial charge on any atom is -0.312 e. The molecule has 2 heterocycles. The molecule has 0 spiro atoms. The minimum absolute atomic E-state index is 0. The van der Waals surface area contributed by atoms with Crippen LogP contribution in [0.1, 0.15) is 6.92 Å². The second-order valence-corrected chi connectivity index (χ2v) is 5.80. The third-order valence-electron chi connectivity index (χ3n) is 2.61. The molecule has 1 aromatic heterocycles. The van der Waals surface area contributed by atoms with Gasteiger partial charge < -0.3 is 5.32 Å². The molecular formula is C8H16ClN5O2S. The average molecular weight is 282 g/mol. The van der Waals surface area contributed by atoms with Crippen LogP contribution in [0.5, 0.6) is 0 Å². The lowest BCUT2D eigenvalue weighted by molar-refractivity contribution is 0.308. The molecule has 1 aliphatic heterocycles.